The number of carbonyl (C=O) groups is 2. The molecule has 18 heavy (non-hydrogen) atoms. The van der Waals surface area contributed by atoms with Gasteiger partial charge in [0.2, 0.25) is 0 Å². The van der Waals surface area contributed by atoms with Crippen molar-refractivity contribution < 1.29 is 19.8 Å². The minimum absolute atomic E-state index is 0.0215. The Morgan fingerprint density at radius 3 is 2.56 bits per heavy atom. The number of phenolic OH excluding ortho intramolecular Hbond substituents is 1. The zero-order valence-corrected chi connectivity index (χ0v) is 12.0. The van der Waals surface area contributed by atoms with Gasteiger partial charge >= 0.3 is 5.97 Å². The Hall–Kier alpha value is -1.31. The van der Waals surface area contributed by atoms with Crippen molar-refractivity contribution in [3.63, 3.8) is 0 Å². The van der Waals surface area contributed by atoms with Crippen molar-refractivity contribution in [2.75, 3.05) is 13.1 Å². The van der Waals surface area contributed by atoms with E-state index in [1.807, 2.05) is 29.5 Å². The van der Waals surface area contributed by atoms with Crippen LogP contribution in [0.5, 0.6) is 5.75 Å². The van der Waals surface area contributed by atoms with Crippen LogP contribution in [0, 0.1) is 3.57 Å². The molecule has 0 aliphatic heterocycles. The van der Waals surface area contributed by atoms with Crippen LogP contribution < -0.4 is 0 Å². The van der Waals surface area contributed by atoms with Crippen LogP contribution in [-0.4, -0.2) is 40.1 Å². The lowest BCUT2D eigenvalue weighted by Gasteiger charge is -2.20. The minimum atomic E-state index is -1.05. The second-order valence-electron chi connectivity index (χ2n) is 3.79. The summed E-state index contributed by atoms with van der Waals surface area (Å²) in [5, 5.41) is 18.3. The van der Waals surface area contributed by atoms with E-state index in [1.54, 1.807) is 12.1 Å². The van der Waals surface area contributed by atoms with E-state index >= 15 is 0 Å². The molecule has 0 saturated heterocycles. The third-order valence-corrected chi connectivity index (χ3v) is 3.21. The van der Waals surface area contributed by atoms with Crippen molar-refractivity contribution in [3.05, 3.63) is 27.3 Å². The van der Waals surface area contributed by atoms with Crippen LogP contribution in [-0.2, 0) is 4.79 Å². The van der Waals surface area contributed by atoms with Gasteiger partial charge < -0.3 is 15.1 Å². The van der Waals surface area contributed by atoms with E-state index in [2.05, 4.69) is 0 Å². The molecule has 1 aromatic rings. The maximum Gasteiger partial charge on any atom is 0.323 e. The van der Waals surface area contributed by atoms with Crippen LogP contribution in [0.25, 0.3) is 0 Å². The molecule has 2 N–H and O–H groups in total. The summed E-state index contributed by atoms with van der Waals surface area (Å²) in [4.78, 5) is 24.0. The van der Waals surface area contributed by atoms with Gasteiger partial charge in [-0.2, -0.15) is 0 Å². The molecule has 1 aromatic carbocycles. The molecule has 0 aliphatic carbocycles. The van der Waals surface area contributed by atoms with Gasteiger partial charge in [-0.25, -0.2) is 0 Å². The molecule has 1 rings (SSSR count). The summed E-state index contributed by atoms with van der Waals surface area (Å²) in [5.74, 6) is -1.41. The Labute approximate surface area is 119 Å². The molecule has 0 bridgehead atoms. The Bertz CT molecular complexity index is 461. The van der Waals surface area contributed by atoms with Gasteiger partial charge in [-0.1, -0.05) is 6.92 Å². The first-order valence-electron chi connectivity index (χ1n) is 5.45. The van der Waals surface area contributed by atoms with Crippen LogP contribution >= 0.6 is 22.6 Å². The fourth-order valence-corrected chi connectivity index (χ4v) is 1.85. The number of hydrogen-bond acceptors (Lipinski definition) is 3. The van der Waals surface area contributed by atoms with Crippen LogP contribution in [0.4, 0.5) is 0 Å². The van der Waals surface area contributed by atoms with E-state index < -0.39 is 5.97 Å². The van der Waals surface area contributed by atoms with Crippen LogP contribution in [0.15, 0.2) is 18.2 Å². The van der Waals surface area contributed by atoms with Gasteiger partial charge in [-0.15, -0.1) is 0 Å². The summed E-state index contributed by atoms with van der Waals surface area (Å²) < 4.78 is 0.643. The number of aliphatic carboxylic acids is 1. The summed E-state index contributed by atoms with van der Waals surface area (Å²) in [7, 11) is 0. The molecule has 6 heteroatoms. The monoisotopic (exact) mass is 363 g/mol. The fourth-order valence-electron chi connectivity index (χ4n) is 1.51. The highest BCUT2D eigenvalue weighted by Gasteiger charge is 2.18. The molecule has 0 atom stereocenters. The lowest BCUT2D eigenvalue weighted by atomic mass is 10.2. The van der Waals surface area contributed by atoms with Gasteiger partial charge in [-0.05, 0) is 47.2 Å². The van der Waals surface area contributed by atoms with Gasteiger partial charge in [0.15, 0.2) is 0 Å². The number of phenols is 1. The van der Waals surface area contributed by atoms with E-state index in [0.29, 0.717) is 22.1 Å². The highest BCUT2D eigenvalue weighted by molar-refractivity contribution is 14.1. The molecule has 0 radical (unpaired) electrons. The largest absolute Gasteiger partial charge is 0.507 e. The number of carboxylic acids is 1. The van der Waals surface area contributed by atoms with Crippen LogP contribution in [0.1, 0.15) is 23.7 Å². The van der Waals surface area contributed by atoms with Crippen molar-refractivity contribution in [1.82, 2.24) is 4.90 Å². The second-order valence-corrected chi connectivity index (χ2v) is 4.95. The number of carboxylic acid groups (broad SMARTS) is 1. The smallest absolute Gasteiger partial charge is 0.323 e. The second kappa shape index (κ2) is 6.58. The highest BCUT2D eigenvalue weighted by Crippen LogP contribution is 2.21. The van der Waals surface area contributed by atoms with Crippen molar-refractivity contribution >= 4 is 34.5 Å². The first-order valence-corrected chi connectivity index (χ1v) is 6.53. The van der Waals surface area contributed by atoms with Gasteiger partial charge in [-0.3, -0.25) is 9.59 Å². The normalized spacial score (nSPS) is 10.1. The van der Waals surface area contributed by atoms with E-state index in [4.69, 9.17) is 5.11 Å². The molecule has 5 nitrogen and oxygen atoms in total. The molecule has 98 valence electrons. The standard InChI is InChI=1S/C12H14INO4/c1-2-5-14(7-11(16)17)12(18)8-3-4-9(13)10(15)6-8/h3-4,6,15H,2,5,7H2,1H3,(H,16,17). The molecule has 1 amide bonds. The third kappa shape index (κ3) is 3.86. The predicted molar refractivity (Wildman–Crippen MR) is 74.7 cm³/mol. The molecule has 0 unspecified atom stereocenters. The Kier molecular flexibility index (Phi) is 5.39. The number of amides is 1. The van der Waals surface area contributed by atoms with Crippen molar-refractivity contribution in [2.45, 2.75) is 13.3 Å². The van der Waals surface area contributed by atoms with Crippen molar-refractivity contribution in [2.24, 2.45) is 0 Å². The number of nitrogens with zero attached hydrogens (tertiary/aromatic N) is 1. The van der Waals surface area contributed by atoms with Gasteiger partial charge in [0, 0.05) is 12.1 Å². The molecular formula is C12H14INO4. The number of aromatic hydroxyl groups is 1. The molecule has 0 aliphatic rings. The lowest BCUT2D eigenvalue weighted by molar-refractivity contribution is -0.137. The lowest BCUT2D eigenvalue weighted by Crippen LogP contribution is -2.36. The average molecular weight is 363 g/mol. The average Bonchev–Trinajstić information content (AvgIpc) is 2.31. The van der Waals surface area contributed by atoms with Gasteiger partial charge in [0.25, 0.3) is 5.91 Å². The van der Waals surface area contributed by atoms with Crippen molar-refractivity contribution in [1.29, 1.82) is 0 Å². The summed E-state index contributed by atoms with van der Waals surface area (Å²) >= 11 is 1.95. The highest BCUT2D eigenvalue weighted by atomic mass is 127. The van der Waals surface area contributed by atoms with Gasteiger partial charge in [0.1, 0.15) is 12.3 Å². The first kappa shape index (κ1) is 14.7. The van der Waals surface area contributed by atoms with Crippen LogP contribution in [0.2, 0.25) is 0 Å². The third-order valence-electron chi connectivity index (χ3n) is 2.30. The maximum absolute atomic E-state index is 12.1. The molecule has 0 saturated carbocycles. The summed E-state index contributed by atoms with van der Waals surface area (Å²) in [6.07, 6.45) is 0.676. The molecule has 0 aromatic heterocycles. The summed E-state index contributed by atoms with van der Waals surface area (Å²) in [5.41, 5.74) is 0.294. The number of halogens is 1. The summed E-state index contributed by atoms with van der Waals surface area (Å²) in [6, 6.07) is 4.55. The van der Waals surface area contributed by atoms with E-state index in [9.17, 15) is 14.7 Å². The fraction of sp³-hybridized carbons (Fsp3) is 0.333. The van der Waals surface area contributed by atoms with Crippen molar-refractivity contribution in [3.8, 4) is 5.75 Å². The SMILES string of the molecule is CCCN(CC(=O)O)C(=O)c1ccc(I)c(O)c1. The van der Waals surface area contributed by atoms with E-state index in [0.717, 1.165) is 0 Å². The molecule has 0 spiro atoms. The zero-order chi connectivity index (χ0) is 13.7. The number of carbonyl (C=O) groups excluding carboxylic acids is 1. The number of hydrogen-bond donors (Lipinski definition) is 2. The van der Waals surface area contributed by atoms with E-state index in [-0.39, 0.29) is 18.2 Å². The Morgan fingerprint density at radius 1 is 1.39 bits per heavy atom. The minimum Gasteiger partial charge on any atom is -0.507 e. The molecule has 0 heterocycles. The first-order chi connectivity index (χ1) is 8.45. The van der Waals surface area contributed by atoms with Gasteiger partial charge in [0.05, 0.1) is 3.57 Å². The van der Waals surface area contributed by atoms with E-state index in [1.165, 1.54) is 11.0 Å². The summed E-state index contributed by atoms with van der Waals surface area (Å²) in [6.45, 7) is 1.91. The predicted octanol–water partition coefficient (Wildman–Crippen LogP) is 1.93. The number of benzene rings is 1. The Morgan fingerprint density at radius 2 is 2.06 bits per heavy atom. The van der Waals surface area contributed by atoms with Crippen LogP contribution in [0.3, 0.4) is 0 Å². The molecule has 0 fully saturated rings. The Balaban J connectivity index is 2.93. The topological polar surface area (TPSA) is 77.8 Å². The maximum atomic E-state index is 12.1. The zero-order valence-electron chi connectivity index (χ0n) is 9.89. The number of rotatable bonds is 5. The molecular weight excluding hydrogens is 349 g/mol. The quantitative estimate of drug-likeness (QED) is 0.784.